The molecular formula is C14H9ClN2Se. The van der Waals surface area contributed by atoms with Crippen molar-refractivity contribution < 1.29 is 0 Å². The van der Waals surface area contributed by atoms with E-state index < -0.39 is 0 Å². The van der Waals surface area contributed by atoms with Crippen LogP contribution in [-0.4, -0.2) is 24.7 Å². The molecule has 0 amide bonds. The summed E-state index contributed by atoms with van der Waals surface area (Å²) in [6, 6.07) is 17.9. The molecule has 0 unspecified atom stereocenters. The fraction of sp³-hybridized carbons (Fsp3) is 0. The second-order valence-electron chi connectivity index (χ2n) is 3.79. The van der Waals surface area contributed by atoms with Crippen LogP contribution in [0.15, 0.2) is 54.6 Å². The Morgan fingerprint density at radius 3 is 1.89 bits per heavy atom. The molecule has 0 fully saturated rings. The molecule has 88 valence electrons. The molecule has 0 aliphatic carbocycles. The molecule has 3 aromatic rings. The third-order valence-electron chi connectivity index (χ3n) is 2.54. The molecule has 0 bridgehead atoms. The van der Waals surface area contributed by atoms with Gasteiger partial charge in [0.05, 0.1) is 0 Å². The Hall–Kier alpha value is -1.41. The van der Waals surface area contributed by atoms with E-state index in [9.17, 15) is 0 Å². The van der Waals surface area contributed by atoms with Crippen LogP contribution < -0.4 is 0 Å². The van der Waals surface area contributed by atoms with Crippen molar-refractivity contribution in [3.05, 3.63) is 59.6 Å². The molecule has 1 aromatic heterocycles. The van der Waals surface area contributed by atoms with E-state index in [0.29, 0.717) is 0 Å². The van der Waals surface area contributed by atoms with Gasteiger partial charge in [0.1, 0.15) is 0 Å². The number of rotatable bonds is 2. The molecule has 18 heavy (non-hydrogen) atoms. The van der Waals surface area contributed by atoms with E-state index >= 15 is 0 Å². The Kier molecular flexibility index (Phi) is 3.28. The van der Waals surface area contributed by atoms with Gasteiger partial charge in [-0.15, -0.1) is 0 Å². The summed E-state index contributed by atoms with van der Waals surface area (Å²) in [6.07, 6.45) is 0. The van der Waals surface area contributed by atoms with Gasteiger partial charge in [0.25, 0.3) is 0 Å². The Morgan fingerprint density at radius 1 is 0.722 bits per heavy atom. The average Bonchev–Trinajstić information content (AvgIpc) is 2.90. The summed E-state index contributed by atoms with van der Waals surface area (Å²) in [4.78, 5) is 0. The standard InChI is InChI=1S/C14H9ClN2Se/c15-12-8-6-11(7-9-12)14-17-16-13(18-14)10-4-2-1-3-5-10/h1-9H. The number of hydrogen-bond donors (Lipinski definition) is 0. The summed E-state index contributed by atoms with van der Waals surface area (Å²) in [7, 11) is 0. The van der Waals surface area contributed by atoms with Gasteiger partial charge in [-0.25, -0.2) is 0 Å². The van der Waals surface area contributed by atoms with Crippen molar-refractivity contribution in [3.8, 4) is 20.3 Å². The molecule has 2 nitrogen and oxygen atoms in total. The number of halogens is 1. The summed E-state index contributed by atoms with van der Waals surface area (Å²) in [5.74, 6) is 0. The molecule has 0 aliphatic heterocycles. The number of aromatic nitrogens is 2. The Labute approximate surface area is 116 Å². The summed E-state index contributed by atoms with van der Waals surface area (Å²) in [5.41, 5.74) is 2.26. The van der Waals surface area contributed by atoms with Gasteiger partial charge < -0.3 is 0 Å². The van der Waals surface area contributed by atoms with Crippen molar-refractivity contribution in [2.75, 3.05) is 0 Å². The van der Waals surface area contributed by atoms with Crippen LogP contribution in [0.5, 0.6) is 0 Å². The van der Waals surface area contributed by atoms with Gasteiger partial charge in [0.15, 0.2) is 0 Å². The van der Waals surface area contributed by atoms with Crippen molar-refractivity contribution >= 4 is 26.1 Å². The van der Waals surface area contributed by atoms with Gasteiger partial charge in [-0.3, -0.25) is 0 Å². The predicted molar refractivity (Wildman–Crippen MR) is 74.9 cm³/mol. The fourth-order valence-electron chi connectivity index (χ4n) is 1.63. The average molecular weight is 320 g/mol. The Balaban J connectivity index is 1.97. The summed E-state index contributed by atoms with van der Waals surface area (Å²) >= 11 is 6.04. The van der Waals surface area contributed by atoms with Crippen LogP contribution in [0.2, 0.25) is 5.02 Å². The van der Waals surface area contributed by atoms with E-state index in [1.165, 1.54) is 0 Å². The summed E-state index contributed by atoms with van der Waals surface area (Å²) in [6.45, 7) is 0. The first-order valence-electron chi connectivity index (χ1n) is 5.48. The first kappa shape index (κ1) is 11.7. The van der Waals surface area contributed by atoms with Crippen LogP contribution in [0.25, 0.3) is 20.3 Å². The molecule has 1 heterocycles. The van der Waals surface area contributed by atoms with Crippen LogP contribution in [0, 0.1) is 0 Å². The first-order chi connectivity index (χ1) is 8.83. The molecule has 0 atom stereocenters. The number of hydrogen-bond acceptors (Lipinski definition) is 2. The normalized spacial score (nSPS) is 10.5. The van der Waals surface area contributed by atoms with Crippen LogP contribution in [0.3, 0.4) is 0 Å². The van der Waals surface area contributed by atoms with E-state index in [1.807, 2.05) is 42.5 Å². The van der Waals surface area contributed by atoms with Crippen LogP contribution in [0.4, 0.5) is 0 Å². The quantitative estimate of drug-likeness (QED) is 0.675. The second kappa shape index (κ2) is 5.07. The van der Waals surface area contributed by atoms with Crippen molar-refractivity contribution in [3.63, 3.8) is 0 Å². The molecule has 0 radical (unpaired) electrons. The molecular weight excluding hydrogens is 311 g/mol. The molecule has 4 heteroatoms. The maximum atomic E-state index is 5.88. The molecule has 0 N–H and O–H groups in total. The summed E-state index contributed by atoms with van der Waals surface area (Å²) < 4.78 is 2.13. The SMILES string of the molecule is Clc1ccc(-c2nnc(-c3ccccc3)[se]2)cc1. The van der Waals surface area contributed by atoms with E-state index in [4.69, 9.17) is 11.6 Å². The van der Waals surface area contributed by atoms with Gasteiger partial charge in [-0.2, -0.15) is 0 Å². The number of benzene rings is 2. The van der Waals surface area contributed by atoms with Gasteiger partial charge >= 0.3 is 116 Å². The van der Waals surface area contributed by atoms with Gasteiger partial charge in [0.2, 0.25) is 0 Å². The molecule has 0 saturated heterocycles. The van der Waals surface area contributed by atoms with Crippen molar-refractivity contribution in [2.45, 2.75) is 0 Å². The molecule has 2 aromatic carbocycles. The van der Waals surface area contributed by atoms with Crippen LogP contribution in [-0.2, 0) is 0 Å². The third-order valence-corrected chi connectivity index (χ3v) is 4.93. The minimum absolute atomic E-state index is 0.162. The molecule has 0 spiro atoms. The zero-order chi connectivity index (χ0) is 12.4. The van der Waals surface area contributed by atoms with Crippen LogP contribution >= 0.6 is 11.6 Å². The van der Waals surface area contributed by atoms with Crippen LogP contribution in [0.1, 0.15) is 0 Å². The van der Waals surface area contributed by atoms with Gasteiger partial charge in [-0.05, 0) is 0 Å². The third kappa shape index (κ3) is 2.39. The molecule has 0 saturated carbocycles. The van der Waals surface area contributed by atoms with Crippen molar-refractivity contribution in [2.24, 2.45) is 0 Å². The molecule has 0 aliphatic rings. The topological polar surface area (TPSA) is 25.8 Å². The van der Waals surface area contributed by atoms with E-state index in [2.05, 4.69) is 22.3 Å². The first-order valence-corrected chi connectivity index (χ1v) is 7.57. The Morgan fingerprint density at radius 2 is 1.28 bits per heavy atom. The maximum absolute atomic E-state index is 5.88. The zero-order valence-electron chi connectivity index (χ0n) is 9.38. The minimum atomic E-state index is 0.162. The summed E-state index contributed by atoms with van der Waals surface area (Å²) in [5, 5.41) is 9.31. The van der Waals surface area contributed by atoms with E-state index in [0.717, 1.165) is 25.3 Å². The van der Waals surface area contributed by atoms with Crippen molar-refractivity contribution in [1.82, 2.24) is 10.2 Å². The molecule has 3 rings (SSSR count). The second-order valence-corrected chi connectivity index (χ2v) is 6.27. The zero-order valence-corrected chi connectivity index (χ0v) is 11.8. The van der Waals surface area contributed by atoms with E-state index in [-0.39, 0.29) is 14.5 Å². The monoisotopic (exact) mass is 320 g/mol. The van der Waals surface area contributed by atoms with Gasteiger partial charge in [-0.1, -0.05) is 0 Å². The van der Waals surface area contributed by atoms with E-state index in [1.54, 1.807) is 0 Å². The fourth-order valence-corrected chi connectivity index (χ4v) is 3.55. The van der Waals surface area contributed by atoms with Gasteiger partial charge in [0, 0.05) is 0 Å². The van der Waals surface area contributed by atoms with Crippen molar-refractivity contribution in [1.29, 1.82) is 0 Å². The predicted octanol–water partition coefficient (Wildman–Crippen LogP) is 3.52. The Bertz CT molecular complexity index is 647. The number of nitrogens with zero attached hydrogens (tertiary/aromatic N) is 2.